The third-order valence-electron chi connectivity index (χ3n) is 6.13. The predicted molar refractivity (Wildman–Crippen MR) is 132 cm³/mol. The quantitative estimate of drug-likeness (QED) is 0.538. The number of halogens is 1. The molecule has 2 aliphatic rings. The van der Waals surface area contributed by atoms with Crippen molar-refractivity contribution in [3.63, 3.8) is 0 Å². The average molecular weight is 501 g/mol. The highest BCUT2D eigenvalue weighted by atomic mass is 35.5. The van der Waals surface area contributed by atoms with Gasteiger partial charge in [-0.2, -0.15) is 0 Å². The molecule has 10 heteroatoms. The third kappa shape index (κ3) is 6.16. The number of rotatable bonds is 7. The van der Waals surface area contributed by atoms with Crippen LogP contribution in [0, 0.1) is 5.92 Å². The molecule has 2 heterocycles. The molecule has 0 bridgehead atoms. The molecule has 186 valence electrons. The van der Waals surface area contributed by atoms with Gasteiger partial charge in [-0.3, -0.25) is 9.59 Å². The van der Waals surface area contributed by atoms with E-state index in [1.54, 1.807) is 47.4 Å². The Kier molecular flexibility index (Phi) is 7.97. The fraction of sp³-hybridized carbons (Fsp3) is 0.400. The number of carbonyl (C=O) groups is 3. The molecule has 0 radical (unpaired) electrons. The summed E-state index contributed by atoms with van der Waals surface area (Å²) in [4.78, 5) is 40.4. The second-order valence-electron chi connectivity index (χ2n) is 8.58. The van der Waals surface area contributed by atoms with Crippen molar-refractivity contribution in [1.82, 2.24) is 15.5 Å². The molecule has 4 rings (SSSR count). The molecule has 0 aromatic heterocycles. The van der Waals surface area contributed by atoms with Gasteiger partial charge in [0.2, 0.25) is 12.7 Å². The number of carbonyl (C=O) groups excluding carboxylic acids is 3. The van der Waals surface area contributed by atoms with Crippen LogP contribution in [-0.4, -0.2) is 55.2 Å². The maximum Gasteiger partial charge on any atom is 0.321 e. The van der Waals surface area contributed by atoms with E-state index in [1.807, 2.05) is 6.92 Å². The number of fused-ring (bicyclic) bond motifs is 1. The first kappa shape index (κ1) is 24.7. The minimum atomic E-state index is -0.711. The van der Waals surface area contributed by atoms with Crippen LogP contribution < -0.4 is 25.4 Å². The van der Waals surface area contributed by atoms with Crippen molar-refractivity contribution in [3.8, 4) is 11.5 Å². The predicted octanol–water partition coefficient (Wildman–Crippen LogP) is 3.64. The fourth-order valence-electron chi connectivity index (χ4n) is 4.22. The van der Waals surface area contributed by atoms with E-state index in [4.69, 9.17) is 21.1 Å². The summed E-state index contributed by atoms with van der Waals surface area (Å²) in [5.74, 6) is 0.398. The minimum absolute atomic E-state index is 0.111. The van der Waals surface area contributed by atoms with Crippen LogP contribution in [-0.2, 0) is 4.79 Å². The summed E-state index contributed by atoms with van der Waals surface area (Å²) in [6.07, 6.45) is 1.94. The molecular formula is C25H29ClN4O5. The Hall–Kier alpha value is -3.46. The van der Waals surface area contributed by atoms with E-state index in [2.05, 4.69) is 16.0 Å². The molecular weight excluding hydrogens is 472 g/mol. The van der Waals surface area contributed by atoms with Crippen LogP contribution in [0.1, 0.15) is 36.5 Å². The van der Waals surface area contributed by atoms with E-state index in [-0.39, 0.29) is 30.6 Å². The Bertz CT molecular complexity index is 1090. The van der Waals surface area contributed by atoms with Gasteiger partial charge in [0.15, 0.2) is 11.5 Å². The van der Waals surface area contributed by atoms with E-state index in [9.17, 15) is 14.4 Å². The van der Waals surface area contributed by atoms with Crippen molar-refractivity contribution in [2.45, 2.75) is 32.2 Å². The van der Waals surface area contributed by atoms with Gasteiger partial charge in [-0.05, 0) is 61.6 Å². The van der Waals surface area contributed by atoms with Gasteiger partial charge < -0.3 is 30.3 Å². The number of piperidine rings is 1. The van der Waals surface area contributed by atoms with E-state index < -0.39 is 6.04 Å². The van der Waals surface area contributed by atoms with Crippen LogP contribution in [0.2, 0.25) is 5.02 Å². The van der Waals surface area contributed by atoms with Gasteiger partial charge in [0.25, 0.3) is 5.91 Å². The van der Waals surface area contributed by atoms with Gasteiger partial charge >= 0.3 is 6.03 Å². The third-order valence-corrected chi connectivity index (χ3v) is 6.36. The zero-order chi connectivity index (χ0) is 24.8. The average Bonchev–Trinajstić information content (AvgIpc) is 3.34. The van der Waals surface area contributed by atoms with Gasteiger partial charge in [-0.15, -0.1) is 0 Å². The molecule has 35 heavy (non-hydrogen) atoms. The summed E-state index contributed by atoms with van der Waals surface area (Å²) < 4.78 is 10.7. The summed E-state index contributed by atoms with van der Waals surface area (Å²) in [7, 11) is 0. The zero-order valence-corrected chi connectivity index (χ0v) is 20.3. The highest BCUT2D eigenvalue weighted by Gasteiger charge is 2.34. The number of benzene rings is 2. The molecule has 2 aliphatic heterocycles. The van der Waals surface area contributed by atoms with Crippen LogP contribution in [0.3, 0.4) is 0 Å². The molecule has 1 saturated heterocycles. The Morgan fingerprint density at radius 1 is 1.09 bits per heavy atom. The number of nitrogens with zero attached hydrogens (tertiary/aromatic N) is 1. The second-order valence-corrected chi connectivity index (χ2v) is 9.01. The van der Waals surface area contributed by atoms with E-state index >= 15 is 0 Å². The zero-order valence-electron chi connectivity index (χ0n) is 19.5. The largest absolute Gasteiger partial charge is 0.454 e. The fourth-order valence-corrected chi connectivity index (χ4v) is 4.41. The number of urea groups is 1. The van der Waals surface area contributed by atoms with Crippen LogP contribution in [0.15, 0.2) is 42.5 Å². The second kappa shape index (κ2) is 11.3. The Balaban J connectivity index is 1.39. The van der Waals surface area contributed by atoms with Crippen LogP contribution >= 0.6 is 11.6 Å². The molecule has 3 N–H and O–H groups in total. The molecule has 0 spiro atoms. The number of amides is 4. The summed E-state index contributed by atoms with van der Waals surface area (Å²) >= 11 is 6.00. The van der Waals surface area contributed by atoms with Gasteiger partial charge in [-0.25, -0.2) is 4.79 Å². The topological polar surface area (TPSA) is 109 Å². The summed E-state index contributed by atoms with van der Waals surface area (Å²) in [5, 5.41) is 9.20. The Labute approximate surface area is 209 Å². The van der Waals surface area contributed by atoms with Crippen molar-refractivity contribution in [1.29, 1.82) is 0 Å². The van der Waals surface area contributed by atoms with Crippen molar-refractivity contribution in [2.75, 3.05) is 31.7 Å². The highest BCUT2D eigenvalue weighted by Crippen LogP contribution is 2.32. The molecule has 2 aromatic carbocycles. The molecule has 1 fully saturated rings. The number of likely N-dealkylation sites (tertiary alicyclic amines) is 1. The van der Waals surface area contributed by atoms with E-state index in [1.165, 1.54) is 0 Å². The molecule has 0 aliphatic carbocycles. The normalized spacial score (nSPS) is 15.9. The summed E-state index contributed by atoms with van der Waals surface area (Å²) in [6, 6.07) is 11.0. The monoisotopic (exact) mass is 500 g/mol. The smallest absolute Gasteiger partial charge is 0.321 e. The first-order valence-corrected chi connectivity index (χ1v) is 12.1. The number of hydrogen-bond donors (Lipinski definition) is 3. The maximum absolute atomic E-state index is 13.0. The van der Waals surface area contributed by atoms with Crippen LogP contribution in [0.5, 0.6) is 11.5 Å². The first-order valence-electron chi connectivity index (χ1n) is 11.7. The van der Waals surface area contributed by atoms with Crippen molar-refractivity contribution in [3.05, 3.63) is 53.1 Å². The van der Waals surface area contributed by atoms with Crippen LogP contribution in [0.4, 0.5) is 10.5 Å². The van der Waals surface area contributed by atoms with E-state index in [0.717, 1.165) is 6.42 Å². The Morgan fingerprint density at radius 2 is 1.86 bits per heavy atom. The highest BCUT2D eigenvalue weighted by molar-refractivity contribution is 6.30. The lowest BCUT2D eigenvalue weighted by atomic mass is 9.88. The van der Waals surface area contributed by atoms with Gasteiger partial charge in [0.05, 0.1) is 0 Å². The van der Waals surface area contributed by atoms with Crippen molar-refractivity contribution < 1.29 is 23.9 Å². The molecule has 9 nitrogen and oxygen atoms in total. The van der Waals surface area contributed by atoms with Gasteiger partial charge in [0.1, 0.15) is 6.04 Å². The number of hydrogen-bond acceptors (Lipinski definition) is 5. The Morgan fingerprint density at radius 3 is 2.60 bits per heavy atom. The summed E-state index contributed by atoms with van der Waals surface area (Å²) in [5.41, 5.74) is 1.01. The molecule has 0 saturated carbocycles. The molecule has 0 unspecified atom stereocenters. The van der Waals surface area contributed by atoms with Gasteiger partial charge in [0, 0.05) is 35.9 Å². The first-order chi connectivity index (χ1) is 16.9. The summed E-state index contributed by atoms with van der Waals surface area (Å²) in [6.45, 7) is 3.54. The lowest BCUT2D eigenvalue weighted by Gasteiger charge is -2.35. The number of anilines is 1. The van der Waals surface area contributed by atoms with Crippen molar-refractivity contribution in [2.24, 2.45) is 5.92 Å². The molecule has 1 atom stereocenters. The molecule has 2 aromatic rings. The number of ether oxygens (including phenoxy) is 2. The van der Waals surface area contributed by atoms with Crippen LogP contribution in [0.25, 0.3) is 0 Å². The standard InChI is InChI=1S/C25H29ClN4O5/c1-2-10-27-24(32)22(29-23(31)17-6-7-20-21(13-17)35-15-34-20)16-8-11-30(12-9-16)25(33)28-19-5-3-4-18(26)14-19/h3-7,13-14,16,22H,2,8-12,15H2,1H3,(H,27,32)(H,28,33)(H,29,31)/t22-/m0/s1. The number of nitrogens with one attached hydrogen (secondary N) is 3. The SMILES string of the molecule is CCCNC(=O)[C@@H](NC(=O)c1ccc2c(c1)OCO2)C1CCN(C(=O)Nc2cccc(Cl)c2)CC1. The lowest BCUT2D eigenvalue weighted by Crippen LogP contribution is -2.54. The van der Waals surface area contributed by atoms with Gasteiger partial charge in [-0.1, -0.05) is 24.6 Å². The van der Waals surface area contributed by atoms with E-state index in [0.29, 0.717) is 60.2 Å². The maximum atomic E-state index is 13.0. The van der Waals surface area contributed by atoms with Crippen molar-refractivity contribution >= 4 is 35.1 Å². The lowest BCUT2D eigenvalue weighted by molar-refractivity contribution is -0.124. The minimum Gasteiger partial charge on any atom is -0.454 e. The molecule has 4 amide bonds.